The van der Waals surface area contributed by atoms with E-state index >= 15 is 0 Å². The molecule has 2 atom stereocenters. The molecule has 0 spiro atoms. The fourth-order valence-corrected chi connectivity index (χ4v) is 2.82. The maximum absolute atomic E-state index is 9.05. The first-order chi connectivity index (χ1) is 9.79. The largest absolute Gasteiger partial charge is 0.395 e. The number of aliphatic imine (C=N–C) groups is 2. The Kier molecular flexibility index (Phi) is 3.69. The molecule has 0 bridgehead atoms. The van der Waals surface area contributed by atoms with E-state index in [-0.39, 0.29) is 18.4 Å². The number of fused-ring (bicyclic) bond motifs is 1. The molecule has 2 N–H and O–H groups in total. The van der Waals surface area contributed by atoms with Crippen LogP contribution in [0, 0.1) is 11.8 Å². The van der Waals surface area contributed by atoms with Crippen molar-refractivity contribution in [3.05, 3.63) is 36.3 Å². The minimum absolute atomic E-state index is 0.157. The fraction of sp³-hybridized carbons (Fsp3) is 0.467. The number of aliphatic hydroxyl groups excluding tert-OH is 1. The van der Waals surface area contributed by atoms with Gasteiger partial charge in [-0.1, -0.05) is 18.2 Å². The average Bonchev–Trinajstić information content (AvgIpc) is 2.96. The van der Waals surface area contributed by atoms with E-state index < -0.39 is 0 Å². The van der Waals surface area contributed by atoms with Gasteiger partial charge in [0, 0.05) is 43.7 Å². The summed E-state index contributed by atoms with van der Waals surface area (Å²) in [6.45, 7) is 0.786. The molecule has 0 saturated carbocycles. The maximum atomic E-state index is 9.05. The van der Waals surface area contributed by atoms with Crippen molar-refractivity contribution in [3.63, 3.8) is 0 Å². The van der Waals surface area contributed by atoms with E-state index in [1.165, 1.54) is 0 Å². The van der Waals surface area contributed by atoms with Crippen LogP contribution in [0.3, 0.4) is 0 Å². The Hall–Kier alpha value is -1.88. The van der Waals surface area contributed by atoms with Crippen molar-refractivity contribution < 1.29 is 5.11 Å². The maximum Gasteiger partial charge on any atom is 0.113 e. The van der Waals surface area contributed by atoms with Gasteiger partial charge in [0.2, 0.25) is 0 Å². The Balaban J connectivity index is 1.80. The van der Waals surface area contributed by atoms with Crippen LogP contribution in [0.4, 0.5) is 0 Å². The van der Waals surface area contributed by atoms with Crippen LogP contribution in [-0.4, -0.2) is 41.9 Å². The number of likely N-dealkylation sites (N-methyl/N-ethyl adjacent to an activating group) is 1. The number of rotatable bonds is 3. The van der Waals surface area contributed by atoms with E-state index in [9.17, 15) is 0 Å². The molecule has 2 unspecified atom stereocenters. The van der Waals surface area contributed by atoms with Gasteiger partial charge < -0.3 is 15.3 Å². The highest BCUT2D eigenvalue weighted by molar-refractivity contribution is 5.91. The van der Waals surface area contributed by atoms with Gasteiger partial charge in [0.15, 0.2) is 0 Å². The third-order valence-corrected chi connectivity index (χ3v) is 3.94. The average molecular weight is 272 g/mol. The van der Waals surface area contributed by atoms with E-state index in [2.05, 4.69) is 28.5 Å². The summed E-state index contributed by atoms with van der Waals surface area (Å²) < 4.78 is 0. The van der Waals surface area contributed by atoms with Crippen molar-refractivity contribution in [3.8, 4) is 0 Å². The van der Waals surface area contributed by atoms with E-state index in [0.29, 0.717) is 6.54 Å². The second kappa shape index (κ2) is 5.63. The van der Waals surface area contributed by atoms with Crippen molar-refractivity contribution >= 4 is 11.7 Å². The second-order valence-corrected chi connectivity index (χ2v) is 5.25. The molecule has 3 aliphatic heterocycles. The van der Waals surface area contributed by atoms with Crippen LogP contribution in [0.25, 0.3) is 0 Å². The molecule has 0 amide bonds. The molecule has 0 radical (unpaired) electrons. The summed E-state index contributed by atoms with van der Waals surface area (Å²) in [6, 6.07) is 0. The number of nitrogens with one attached hydrogen (secondary N) is 1. The van der Waals surface area contributed by atoms with Gasteiger partial charge in [0.25, 0.3) is 0 Å². The van der Waals surface area contributed by atoms with Gasteiger partial charge in [-0.3, -0.25) is 0 Å². The van der Waals surface area contributed by atoms with Crippen molar-refractivity contribution in [2.75, 3.05) is 20.2 Å². The smallest absolute Gasteiger partial charge is 0.113 e. The lowest BCUT2D eigenvalue weighted by atomic mass is 9.87. The van der Waals surface area contributed by atoms with Gasteiger partial charge in [-0.05, 0) is 12.6 Å². The van der Waals surface area contributed by atoms with Crippen LogP contribution < -0.4 is 5.32 Å². The molecular formula is C15H20N4O. The zero-order valence-electron chi connectivity index (χ0n) is 11.7. The van der Waals surface area contributed by atoms with E-state index in [4.69, 9.17) is 10.1 Å². The van der Waals surface area contributed by atoms with Gasteiger partial charge >= 0.3 is 0 Å². The standard InChI is InChI=1S/C15H20N4O/c1-19(9-10-20)14-4-2-3-13(18-14)11-5-7-16-15-12(11)6-8-17-15/h3,5-8,11-12,20H,2,4,9-10H2,1H3,(H,16,17). The Labute approximate surface area is 119 Å². The predicted octanol–water partition coefficient (Wildman–Crippen LogP) is 1.26. The third-order valence-electron chi connectivity index (χ3n) is 3.94. The molecule has 0 aromatic carbocycles. The SMILES string of the molecule is CN(CCO)C1=NC(C2C=CN=C3NC=CC32)=CCC1. The summed E-state index contributed by atoms with van der Waals surface area (Å²) in [5.74, 6) is 2.59. The molecule has 0 aromatic heterocycles. The molecule has 20 heavy (non-hydrogen) atoms. The molecule has 3 heterocycles. The Morgan fingerprint density at radius 2 is 2.30 bits per heavy atom. The van der Waals surface area contributed by atoms with Gasteiger partial charge in [-0.15, -0.1) is 0 Å². The first kappa shape index (κ1) is 13.1. The Bertz CT molecular complexity index is 530. The van der Waals surface area contributed by atoms with Gasteiger partial charge in [0.05, 0.1) is 6.61 Å². The predicted molar refractivity (Wildman–Crippen MR) is 80.3 cm³/mol. The lowest BCUT2D eigenvalue weighted by Crippen LogP contribution is -2.32. The minimum Gasteiger partial charge on any atom is -0.395 e. The molecule has 5 heteroatoms. The van der Waals surface area contributed by atoms with Crippen LogP contribution in [0.2, 0.25) is 0 Å². The topological polar surface area (TPSA) is 60.2 Å². The van der Waals surface area contributed by atoms with E-state index in [1.54, 1.807) is 0 Å². The zero-order valence-corrected chi connectivity index (χ0v) is 11.7. The number of aliphatic hydroxyl groups is 1. The fourth-order valence-electron chi connectivity index (χ4n) is 2.82. The van der Waals surface area contributed by atoms with Gasteiger partial charge in [-0.2, -0.15) is 0 Å². The molecule has 0 saturated heterocycles. The van der Waals surface area contributed by atoms with Gasteiger partial charge in [-0.25, -0.2) is 9.98 Å². The number of hydrogen-bond donors (Lipinski definition) is 2. The number of allylic oxidation sites excluding steroid dienone is 2. The van der Waals surface area contributed by atoms with E-state index in [0.717, 1.165) is 30.2 Å². The monoisotopic (exact) mass is 272 g/mol. The molecule has 3 rings (SSSR count). The number of amidine groups is 2. The summed E-state index contributed by atoms with van der Waals surface area (Å²) in [5.41, 5.74) is 1.11. The van der Waals surface area contributed by atoms with Crippen molar-refractivity contribution in [2.45, 2.75) is 12.8 Å². The summed E-state index contributed by atoms with van der Waals surface area (Å²) in [5, 5.41) is 12.2. The van der Waals surface area contributed by atoms with Crippen LogP contribution in [0.1, 0.15) is 12.8 Å². The van der Waals surface area contributed by atoms with Crippen LogP contribution in [0.15, 0.2) is 46.3 Å². The van der Waals surface area contributed by atoms with Gasteiger partial charge in [0.1, 0.15) is 11.7 Å². The first-order valence-electron chi connectivity index (χ1n) is 7.07. The first-order valence-corrected chi connectivity index (χ1v) is 7.07. The second-order valence-electron chi connectivity index (χ2n) is 5.25. The molecule has 0 aliphatic carbocycles. The summed E-state index contributed by atoms with van der Waals surface area (Å²) in [6.07, 6.45) is 12.3. The van der Waals surface area contributed by atoms with Crippen LogP contribution in [0.5, 0.6) is 0 Å². The van der Waals surface area contributed by atoms with Crippen molar-refractivity contribution in [1.29, 1.82) is 0 Å². The Morgan fingerprint density at radius 1 is 1.40 bits per heavy atom. The normalized spacial score (nSPS) is 27.4. The molecular weight excluding hydrogens is 252 g/mol. The molecule has 3 aliphatic rings. The van der Waals surface area contributed by atoms with Crippen molar-refractivity contribution in [2.24, 2.45) is 21.8 Å². The highest BCUT2D eigenvalue weighted by Gasteiger charge is 2.31. The van der Waals surface area contributed by atoms with Crippen LogP contribution >= 0.6 is 0 Å². The molecule has 106 valence electrons. The Morgan fingerprint density at radius 3 is 3.15 bits per heavy atom. The zero-order chi connectivity index (χ0) is 13.9. The number of hydrogen-bond acceptors (Lipinski definition) is 5. The highest BCUT2D eigenvalue weighted by Crippen LogP contribution is 2.32. The summed E-state index contributed by atoms with van der Waals surface area (Å²) in [7, 11) is 1.98. The third kappa shape index (κ3) is 2.41. The lowest BCUT2D eigenvalue weighted by molar-refractivity contribution is 0.262. The summed E-state index contributed by atoms with van der Waals surface area (Å²) >= 11 is 0. The van der Waals surface area contributed by atoms with Crippen molar-refractivity contribution in [1.82, 2.24) is 10.2 Å². The quantitative estimate of drug-likeness (QED) is 0.813. The highest BCUT2D eigenvalue weighted by atomic mass is 16.3. The molecule has 5 nitrogen and oxygen atoms in total. The summed E-state index contributed by atoms with van der Waals surface area (Å²) in [4.78, 5) is 11.2. The molecule has 0 aromatic rings. The minimum atomic E-state index is 0.157. The lowest BCUT2D eigenvalue weighted by Gasteiger charge is -2.28. The molecule has 0 fully saturated rings. The van der Waals surface area contributed by atoms with E-state index in [1.807, 2.05) is 24.3 Å². The van der Waals surface area contributed by atoms with Crippen LogP contribution in [-0.2, 0) is 0 Å². The number of nitrogens with zero attached hydrogens (tertiary/aromatic N) is 3.